The number of carbonyl (C=O) groups is 1. The summed E-state index contributed by atoms with van der Waals surface area (Å²) >= 11 is 0. The Labute approximate surface area is 168 Å². The monoisotopic (exact) mass is 390 g/mol. The molecule has 0 aliphatic heterocycles. The molecule has 1 fully saturated rings. The fourth-order valence-corrected chi connectivity index (χ4v) is 3.61. The van der Waals surface area contributed by atoms with Crippen molar-refractivity contribution in [2.24, 2.45) is 5.92 Å². The van der Waals surface area contributed by atoms with Crippen molar-refractivity contribution < 1.29 is 19.4 Å². The lowest BCUT2D eigenvalue weighted by Crippen LogP contribution is -2.44. The van der Waals surface area contributed by atoms with Crippen molar-refractivity contribution in [1.29, 1.82) is 0 Å². The van der Waals surface area contributed by atoms with E-state index in [0.717, 1.165) is 37.4 Å². The molecule has 1 aromatic rings. The second-order valence-corrected chi connectivity index (χ2v) is 7.86. The molecule has 6 nitrogen and oxygen atoms in total. The van der Waals surface area contributed by atoms with Gasteiger partial charge in [0.05, 0.1) is 14.2 Å². The van der Waals surface area contributed by atoms with Gasteiger partial charge in [-0.2, -0.15) is 0 Å². The summed E-state index contributed by atoms with van der Waals surface area (Å²) in [6.45, 7) is 3.84. The molecule has 1 amide bonds. The maximum Gasteiger partial charge on any atom is 0.246 e. The Balaban J connectivity index is 2.17. The van der Waals surface area contributed by atoms with Crippen molar-refractivity contribution in [3.8, 4) is 17.2 Å². The summed E-state index contributed by atoms with van der Waals surface area (Å²) in [5.41, 5.74) is 0.740. The Morgan fingerprint density at radius 2 is 1.68 bits per heavy atom. The minimum atomic E-state index is -0.0441. The van der Waals surface area contributed by atoms with E-state index >= 15 is 0 Å². The predicted molar refractivity (Wildman–Crippen MR) is 112 cm³/mol. The maximum absolute atomic E-state index is 13.0. The fourth-order valence-electron chi connectivity index (χ4n) is 3.61. The summed E-state index contributed by atoms with van der Waals surface area (Å²) in [5.74, 6) is 1.36. The summed E-state index contributed by atoms with van der Waals surface area (Å²) in [7, 11) is 7.02. The molecule has 1 saturated carbocycles. The first-order chi connectivity index (χ1) is 13.3. The number of nitrogens with zero attached hydrogens (tertiary/aromatic N) is 2. The number of rotatable bonds is 8. The van der Waals surface area contributed by atoms with E-state index in [2.05, 4.69) is 11.8 Å². The molecule has 0 heterocycles. The van der Waals surface area contributed by atoms with Gasteiger partial charge in [0, 0.05) is 25.2 Å². The number of benzene rings is 1. The summed E-state index contributed by atoms with van der Waals surface area (Å²) in [6.07, 6.45) is 7.84. The summed E-state index contributed by atoms with van der Waals surface area (Å²) < 4.78 is 10.4. The van der Waals surface area contributed by atoms with E-state index < -0.39 is 0 Å². The van der Waals surface area contributed by atoms with E-state index in [1.54, 1.807) is 24.3 Å². The van der Waals surface area contributed by atoms with Crippen molar-refractivity contribution in [1.82, 2.24) is 9.80 Å². The van der Waals surface area contributed by atoms with Crippen LogP contribution in [0.5, 0.6) is 17.2 Å². The first-order valence-electron chi connectivity index (χ1n) is 9.94. The van der Waals surface area contributed by atoms with Crippen LogP contribution in [0.4, 0.5) is 0 Å². The van der Waals surface area contributed by atoms with Gasteiger partial charge in [-0.3, -0.25) is 4.79 Å². The Hall–Kier alpha value is -2.21. The number of likely N-dealkylation sites (N-methyl/N-ethyl adjacent to an activating group) is 1. The van der Waals surface area contributed by atoms with Crippen molar-refractivity contribution in [2.45, 2.75) is 38.6 Å². The first kappa shape index (κ1) is 22.1. The third-order valence-electron chi connectivity index (χ3n) is 5.42. The molecule has 0 atom stereocenters. The van der Waals surface area contributed by atoms with Crippen molar-refractivity contribution in [3.63, 3.8) is 0 Å². The molecule has 1 aliphatic rings. The smallest absolute Gasteiger partial charge is 0.246 e. The lowest BCUT2D eigenvalue weighted by Gasteiger charge is -2.36. The third-order valence-corrected chi connectivity index (χ3v) is 5.42. The minimum absolute atomic E-state index is 0.0208. The van der Waals surface area contributed by atoms with E-state index in [9.17, 15) is 9.90 Å². The van der Waals surface area contributed by atoms with Crippen LogP contribution in [-0.4, -0.2) is 68.3 Å². The standard InChI is InChI=1S/C22H34N2O4/c1-16-6-9-18(10-7-16)24(13-12-23(2)3)21(25)11-8-17-14-19(27-4)22(26)20(15-17)28-5/h8,11,14-16,18,26H,6-7,9-10,12-13H2,1-5H3/b11-8+/t16-,18-. The number of aromatic hydroxyl groups is 1. The predicted octanol–water partition coefficient (Wildman–Crippen LogP) is 3.39. The Bertz CT molecular complexity index is 654. The number of methoxy groups -OCH3 is 2. The SMILES string of the molecule is COc1cc(/C=C/C(=O)N(CCN(C)C)[C@H]2CC[C@H](C)CC2)cc(OC)c1O. The average Bonchev–Trinajstić information content (AvgIpc) is 2.68. The quantitative estimate of drug-likeness (QED) is 0.690. The molecule has 0 saturated heterocycles. The van der Waals surface area contributed by atoms with Crippen molar-refractivity contribution >= 4 is 12.0 Å². The third kappa shape index (κ3) is 5.89. The highest BCUT2D eigenvalue weighted by molar-refractivity contribution is 5.92. The number of hydrogen-bond donors (Lipinski definition) is 1. The summed E-state index contributed by atoms with van der Waals surface area (Å²) in [6, 6.07) is 3.68. The van der Waals surface area contributed by atoms with Crippen molar-refractivity contribution in [3.05, 3.63) is 23.8 Å². The van der Waals surface area contributed by atoms with Crippen LogP contribution in [0.3, 0.4) is 0 Å². The number of ether oxygens (including phenoxy) is 2. The second kappa shape index (κ2) is 10.4. The van der Waals surface area contributed by atoms with E-state index in [4.69, 9.17) is 9.47 Å². The summed E-state index contributed by atoms with van der Waals surface area (Å²) in [4.78, 5) is 17.1. The highest BCUT2D eigenvalue weighted by atomic mass is 16.5. The molecule has 2 rings (SSSR count). The van der Waals surface area contributed by atoms with Gasteiger partial charge in [0.15, 0.2) is 11.5 Å². The van der Waals surface area contributed by atoms with Gasteiger partial charge in [-0.1, -0.05) is 6.92 Å². The van der Waals surface area contributed by atoms with Crippen LogP contribution in [0.25, 0.3) is 6.08 Å². The molecule has 0 spiro atoms. The Kier molecular flexibility index (Phi) is 8.18. The normalized spacial score (nSPS) is 19.8. The minimum Gasteiger partial charge on any atom is -0.502 e. The molecule has 1 aromatic carbocycles. The van der Waals surface area contributed by atoms with E-state index in [1.165, 1.54) is 27.1 Å². The molecular formula is C22H34N2O4. The molecule has 28 heavy (non-hydrogen) atoms. The van der Waals surface area contributed by atoms with Gasteiger partial charge >= 0.3 is 0 Å². The van der Waals surface area contributed by atoms with Crippen molar-refractivity contribution in [2.75, 3.05) is 41.4 Å². The molecule has 0 radical (unpaired) electrons. The molecule has 0 aromatic heterocycles. The fraction of sp³-hybridized carbons (Fsp3) is 0.591. The molecule has 1 N–H and O–H groups in total. The van der Waals surface area contributed by atoms with Crippen LogP contribution in [0.15, 0.2) is 18.2 Å². The van der Waals surface area contributed by atoms with E-state index in [-0.39, 0.29) is 11.7 Å². The Morgan fingerprint density at radius 3 is 2.18 bits per heavy atom. The highest BCUT2D eigenvalue weighted by Crippen LogP contribution is 2.37. The summed E-state index contributed by atoms with van der Waals surface area (Å²) in [5, 5.41) is 10.0. The van der Waals surface area contributed by atoms with E-state index in [0.29, 0.717) is 17.5 Å². The topological polar surface area (TPSA) is 62.2 Å². The lowest BCUT2D eigenvalue weighted by molar-refractivity contribution is -0.129. The second-order valence-electron chi connectivity index (χ2n) is 7.86. The zero-order chi connectivity index (χ0) is 20.7. The van der Waals surface area contributed by atoms with Crippen LogP contribution in [0.1, 0.15) is 38.2 Å². The first-order valence-corrected chi connectivity index (χ1v) is 9.94. The van der Waals surface area contributed by atoms with Crippen LogP contribution in [-0.2, 0) is 4.79 Å². The average molecular weight is 391 g/mol. The van der Waals surface area contributed by atoms with Gasteiger partial charge in [-0.15, -0.1) is 0 Å². The Morgan fingerprint density at radius 1 is 1.11 bits per heavy atom. The molecule has 0 bridgehead atoms. The lowest BCUT2D eigenvalue weighted by atomic mass is 9.86. The number of amides is 1. The molecular weight excluding hydrogens is 356 g/mol. The molecule has 156 valence electrons. The molecule has 6 heteroatoms. The van der Waals surface area contributed by atoms with Crippen LogP contribution in [0, 0.1) is 5.92 Å². The van der Waals surface area contributed by atoms with Gasteiger partial charge in [-0.05, 0) is 69.5 Å². The van der Waals surface area contributed by atoms with Crippen LogP contribution in [0.2, 0.25) is 0 Å². The zero-order valence-electron chi connectivity index (χ0n) is 17.8. The van der Waals surface area contributed by atoms with Gasteiger partial charge in [0.25, 0.3) is 0 Å². The number of phenols is 1. The number of hydrogen-bond acceptors (Lipinski definition) is 5. The molecule has 0 unspecified atom stereocenters. The number of phenolic OH excluding ortho intramolecular Hbond substituents is 1. The van der Waals surface area contributed by atoms with Gasteiger partial charge in [0.2, 0.25) is 11.7 Å². The van der Waals surface area contributed by atoms with E-state index in [1.807, 2.05) is 19.0 Å². The largest absolute Gasteiger partial charge is 0.502 e. The van der Waals surface area contributed by atoms with Gasteiger partial charge in [-0.25, -0.2) is 0 Å². The maximum atomic E-state index is 13.0. The van der Waals surface area contributed by atoms with Crippen LogP contribution >= 0.6 is 0 Å². The number of carbonyl (C=O) groups excluding carboxylic acids is 1. The van der Waals surface area contributed by atoms with Crippen LogP contribution < -0.4 is 9.47 Å². The molecule has 1 aliphatic carbocycles. The van der Waals surface area contributed by atoms with Gasteiger partial charge in [0.1, 0.15) is 0 Å². The van der Waals surface area contributed by atoms with Gasteiger partial charge < -0.3 is 24.4 Å². The highest BCUT2D eigenvalue weighted by Gasteiger charge is 2.26. The zero-order valence-corrected chi connectivity index (χ0v) is 17.8.